The van der Waals surface area contributed by atoms with Crippen LogP contribution in [-0.4, -0.2) is 38.8 Å². The zero-order chi connectivity index (χ0) is 14.8. The highest BCUT2D eigenvalue weighted by Crippen LogP contribution is 2.25. The molecule has 1 aromatic rings. The van der Waals surface area contributed by atoms with Crippen molar-refractivity contribution in [3.63, 3.8) is 0 Å². The summed E-state index contributed by atoms with van der Waals surface area (Å²) in [5.74, 6) is -0.587. The van der Waals surface area contributed by atoms with Gasteiger partial charge in [-0.3, -0.25) is 9.63 Å². The van der Waals surface area contributed by atoms with Crippen molar-refractivity contribution in [3.05, 3.63) is 28.8 Å². The van der Waals surface area contributed by atoms with Crippen LogP contribution in [0, 0.1) is 0 Å². The Morgan fingerprint density at radius 2 is 2.00 bits per heavy atom. The summed E-state index contributed by atoms with van der Waals surface area (Å²) in [4.78, 5) is 16.3. The molecule has 1 aromatic carbocycles. The number of hydrogen-bond acceptors (Lipinski definition) is 4. The van der Waals surface area contributed by atoms with Crippen LogP contribution in [0.4, 0.5) is 0 Å². The van der Waals surface area contributed by atoms with Crippen molar-refractivity contribution in [1.29, 1.82) is 0 Å². The van der Waals surface area contributed by atoms with E-state index in [9.17, 15) is 13.2 Å². The molecule has 0 saturated carbocycles. The van der Waals surface area contributed by atoms with Gasteiger partial charge in [0.1, 0.15) is 0 Å². The van der Waals surface area contributed by atoms with Crippen LogP contribution in [0.25, 0.3) is 0 Å². The molecule has 1 aliphatic rings. The van der Waals surface area contributed by atoms with Crippen molar-refractivity contribution in [2.75, 3.05) is 20.2 Å². The van der Waals surface area contributed by atoms with Gasteiger partial charge in [-0.25, -0.2) is 13.9 Å². The first-order valence-electron chi connectivity index (χ1n) is 6.10. The van der Waals surface area contributed by atoms with Gasteiger partial charge in [0.15, 0.2) is 0 Å². The topological polar surface area (TPSA) is 75.7 Å². The predicted molar refractivity (Wildman–Crippen MR) is 73.9 cm³/mol. The summed E-state index contributed by atoms with van der Waals surface area (Å²) in [6.45, 7) is 1.01. The highest BCUT2D eigenvalue weighted by atomic mass is 35.5. The van der Waals surface area contributed by atoms with Crippen LogP contribution >= 0.6 is 11.6 Å². The van der Waals surface area contributed by atoms with E-state index in [1.165, 1.54) is 29.6 Å². The lowest BCUT2D eigenvalue weighted by molar-refractivity contribution is 0.0537. The van der Waals surface area contributed by atoms with Gasteiger partial charge in [0, 0.05) is 13.1 Å². The summed E-state index contributed by atoms with van der Waals surface area (Å²) in [5, 5.41) is 0.167. The molecule has 0 radical (unpaired) electrons. The lowest BCUT2D eigenvalue weighted by atomic mass is 10.2. The Hall–Kier alpha value is -1.15. The standard InChI is InChI=1S/C12H15ClN2O4S/c1-19-14-12(16)10-8-9(4-5-11(10)13)20(17,18)15-6-2-3-7-15/h4-5,8H,2-3,6-7H2,1H3,(H,14,16). The molecule has 0 unspecified atom stereocenters. The summed E-state index contributed by atoms with van der Waals surface area (Å²) in [5.41, 5.74) is 2.18. The zero-order valence-corrected chi connectivity index (χ0v) is 12.5. The second-order valence-corrected chi connectivity index (χ2v) is 6.73. The molecule has 1 saturated heterocycles. The molecule has 110 valence electrons. The first-order valence-corrected chi connectivity index (χ1v) is 7.91. The van der Waals surface area contributed by atoms with Gasteiger partial charge in [0.05, 0.1) is 22.6 Å². The fourth-order valence-electron chi connectivity index (χ4n) is 2.06. The largest absolute Gasteiger partial charge is 0.277 e. The molecule has 0 bridgehead atoms. The predicted octanol–water partition coefficient (Wildman–Crippen LogP) is 1.42. The van der Waals surface area contributed by atoms with Crippen LogP contribution in [0.2, 0.25) is 5.02 Å². The highest BCUT2D eigenvalue weighted by Gasteiger charge is 2.28. The van der Waals surface area contributed by atoms with Crippen molar-refractivity contribution < 1.29 is 18.0 Å². The zero-order valence-electron chi connectivity index (χ0n) is 10.9. The van der Waals surface area contributed by atoms with Gasteiger partial charge >= 0.3 is 0 Å². The van der Waals surface area contributed by atoms with Crippen molar-refractivity contribution >= 4 is 27.5 Å². The van der Waals surface area contributed by atoms with E-state index in [2.05, 4.69) is 10.3 Å². The average Bonchev–Trinajstić information content (AvgIpc) is 2.93. The van der Waals surface area contributed by atoms with Gasteiger partial charge in [-0.1, -0.05) is 11.6 Å². The number of nitrogens with one attached hydrogen (secondary N) is 1. The number of hydroxylamine groups is 1. The summed E-state index contributed by atoms with van der Waals surface area (Å²) in [6.07, 6.45) is 1.70. The Morgan fingerprint density at radius 1 is 1.35 bits per heavy atom. The van der Waals surface area contributed by atoms with E-state index >= 15 is 0 Å². The number of amides is 1. The van der Waals surface area contributed by atoms with E-state index in [4.69, 9.17) is 11.6 Å². The molecule has 1 heterocycles. The fraction of sp³-hybridized carbons (Fsp3) is 0.417. The number of hydrogen-bond donors (Lipinski definition) is 1. The molecule has 1 amide bonds. The van der Waals surface area contributed by atoms with Crippen molar-refractivity contribution in [3.8, 4) is 0 Å². The molecule has 0 atom stereocenters. The van der Waals surface area contributed by atoms with Crippen LogP contribution in [0.5, 0.6) is 0 Å². The molecule has 2 rings (SSSR count). The average molecular weight is 319 g/mol. The first kappa shape index (κ1) is 15.2. The summed E-state index contributed by atoms with van der Waals surface area (Å²) in [7, 11) is -2.28. The van der Waals surface area contributed by atoms with E-state index in [0.29, 0.717) is 13.1 Å². The molecule has 8 heteroatoms. The second-order valence-electron chi connectivity index (χ2n) is 4.39. The summed E-state index contributed by atoms with van der Waals surface area (Å²) >= 11 is 5.91. The SMILES string of the molecule is CONC(=O)c1cc(S(=O)(=O)N2CCCC2)ccc1Cl. The van der Waals surface area contributed by atoms with Crippen molar-refractivity contribution in [1.82, 2.24) is 9.79 Å². The van der Waals surface area contributed by atoms with E-state index in [-0.39, 0.29) is 15.5 Å². The van der Waals surface area contributed by atoms with Gasteiger partial charge in [0.25, 0.3) is 5.91 Å². The third-order valence-electron chi connectivity index (χ3n) is 3.08. The Balaban J connectivity index is 2.38. The smallest absolute Gasteiger partial charge is 0.276 e. The maximum Gasteiger partial charge on any atom is 0.276 e. The number of carbonyl (C=O) groups excluding carboxylic acids is 1. The third kappa shape index (κ3) is 2.95. The third-order valence-corrected chi connectivity index (χ3v) is 5.30. The summed E-state index contributed by atoms with van der Waals surface area (Å²) in [6, 6.07) is 4.07. The van der Waals surface area contributed by atoms with Gasteiger partial charge in [-0.05, 0) is 31.0 Å². The Morgan fingerprint density at radius 3 is 2.60 bits per heavy atom. The van der Waals surface area contributed by atoms with Crippen LogP contribution in [0.1, 0.15) is 23.2 Å². The number of sulfonamides is 1. The van der Waals surface area contributed by atoms with Crippen LogP contribution in [-0.2, 0) is 14.9 Å². The van der Waals surface area contributed by atoms with Crippen LogP contribution in [0.15, 0.2) is 23.1 Å². The first-order chi connectivity index (χ1) is 9.46. The molecular formula is C12H15ClN2O4S. The van der Waals surface area contributed by atoms with E-state index in [1.807, 2.05) is 0 Å². The molecule has 1 N–H and O–H groups in total. The Bertz CT molecular complexity index is 612. The number of carbonyl (C=O) groups is 1. The number of rotatable bonds is 4. The van der Waals surface area contributed by atoms with Gasteiger partial charge in [-0.15, -0.1) is 0 Å². The number of benzene rings is 1. The van der Waals surface area contributed by atoms with E-state index in [1.54, 1.807) is 0 Å². The van der Waals surface area contributed by atoms with Crippen molar-refractivity contribution in [2.24, 2.45) is 0 Å². The van der Waals surface area contributed by atoms with Crippen LogP contribution in [0.3, 0.4) is 0 Å². The maximum absolute atomic E-state index is 12.4. The number of halogens is 1. The highest BCUT2D eigenvalue weighted by molar-refractivity contribution is 7.89. The van der Waals surface area contributed by atoms with E-state index < -0.39 is 15.9 Å². The lowest BCUT2D eigenvalue weighted by Crippen LogP contribution is -2.28. The normalized spacial score (nSPS) is 16.3. The minimum Gasteiger partial charge on any atom is -0.277 e. The molecular weight excluding hydrogens is 304 g/mol. The molecule has 1 fully saturated rings. The van der Waals surface area contributed by atoms with Gasteiger partial charge < -0.3 is 0 Å². The monoisotopic (exact) mass is 318 g/mol. The Kier molecular flexibility index (Phi) is 4.64. The minimum atomic E-state index is -3.57. The minimum absolute atomic E-state index is 0.0602. The molecule has 20 heavy (non-hydrogen) atoms. The molecule has 0 aliphatic carbocycles. The molecule has 1 aliphatic heterocycles. The quantitative estimate of drug-likeness (QED) is 0.852. The fourth-order valence-corrected chi connectivity index (χ4v) is 3.81. The number of nitrogens with zero attached hydrogens (tertiary/aromatic N) is 1. The summed E-state index contributed by atoms with van der Waals surface area (Å²) < 4.78 is 26.2. The van der Waals surface area contributed by atoms with E-state index in [0.717, 1.165) is 12.8 Å². The van der Waals surface area contributed by atoms with Crippen LogP contribution < -0.4 is 5.48 Å². The molecule has 0 aromatic heterocycles. The Labute approximate surface area is 122 Å². The molecule has 6 nitrogen and oxygen atoms in total. The second kappa shape index (κ2) is 6.09. The van der Waals surface area contributed by atoms with Gasteiger partial charge in [0.2, 0.25) is 10.0 Å². The van der Waals surface area contributed by atoms with Gasteiger partial charge in [-0.2, -0.15) is 4.31 Å². The maximum atomic E-state index is 12.4. The lowest BCUT2D eigenvalue weighted by Gasteiger charge is -2.16. The van der Waals surface area contributed by atoms with Crippen molar-refractivity contribution in [2.45, 2.75) is 17.7 Å². The molecule has 0 spiro atoms.